The summed E-state index contributed by atoms with van der Waals surface area (Å²) < 4.78 is 11.7. The predicted molar refractivity (Wildman–Crippen MR) is 123 cm³/mol. The summed E-state index contributed by atoms with van der Waals surface area (Å²) in [6.07, 6.45) is 13.2. The highest BCUT2D eigenvalue weighted by Gasteiger charge is 2.03. The van der Waals surface area contributed by atoms with Crippen molar-refractivity contribution in [1.29, 1.82) is 0 Å². The second kappa shape index (κ2) is 14.0. The van der Waals surface area contributed by atoms with Crippen LogP contribution in [0.3, 0.4) is 0 Å². The summed E-state index contributed by atoms with van der Waals surface area (Å²) in [5.41, 5.74) is 2.05. The van der Waals surface area contributed by atoms with Gasteiger partial charge < -0.3 is 9.47 Å². The van der Waals surface area contributed by atoms with Gasteiger partial charge in [-0.2, -0.15) is 0 Å². The van der Waals surface area contributed by atoms with Gasteiger partial charge in [-0.1, -0.05) is 65.7 Å². The molecule has 29 heavy (non-hydrogen) atoms. The largest absolute Gasteiger partial charge is 0.494 e. The third-order valence-corrected chi connectivity index (χ3v) is 5.48. The Morgan fingerprint density at radius 3 is 2.07 bits per heavy atom. The fourth-order valence-electron chi connectivity index (χ4n) is 3.19. The molecule has 1 atom stereocenters. The molecule has 0 aliphatic heterocycles. The monoisotopic (exact) mass is 397 g/mol. The SMILES string of the molecule is CCCCCCCCCOc1ccc(-c2ccc(OCCC(C)CC)cc2)nc1. The molecule has 0 amide bonds. The molecule has 1 unspecified atom stereocenters. The highest BCUT2D eigenvalue weighted by molar-refractivity contribution is 5.60. The van der Waals surface area contributed by atoms with E-state index >= 15 is 0 Å². The average molecular weight is 398 g/mol. The number of benzene rings is 1. The number of aromatic nitrogens is 1. The Bertz CT molecular complexity index is 651. The molecular formula is C26H39NO2. The third kappa shape index (κ3) is 9.34. The molecule has 0 N–H and O–H groups in total. The maximum Gasteiger partial charge on any atom is 0.137 e. The van der Waals surface area contributed by atoms with Gasteiger partial charge in [0.25, 0.3) is 0 Å². The first kappa shape index (κ1) is 23.3. The molecule has 1 aromatic heterocycles. The summed E-state index contributed by atoms with van der Waals surface area (Å²) in [6.45, 7) is 8.29. The summed E-state index contributed by atoms with van der Waals surface area (Å²) in [5.74, 6) is 2.49. The minimum absolute atomic E-state index is 0.713. The van der Waals surface area contributed by atoms with Crippen LogP contribution in [-0.4, -0.2) is 18.2 Å². The average Bonchev–Trinajstić information content (AvgIpc) is 2.76. The molecule has 3 nitrogen and oxygen atoms in total. The van der Waals surface area contributed by atoms with Crippen molar-refractivity contribution < 1.29 is 9.47 Å². The number of unbranched alkanes of at least 4 members (excludes halogenated alkanes) is 6. The molecule has 0 saturated carbocycles. The van der Waals surface area contributed by atoms with Gasteiger partial charge in [0.2, 0.25) is 0 Å². The minimum Gasteiger partial charge on any atom is -0.494 e. The zero-order valence-corrected chi connectivity index (χ0v) is 18.7. The molecule has 0 fully saturated rings. The molecule has 3 heteroatoms. The molecule has 0 radical (unpaired) electrons. The first-order chi connectivity index (χ1) is 14.2. The topological polar surface area (TPSA) is 31.4 Å². The van der Waals surface area contributed by atoms with Crippen molar-refractivity contribution in [3.05, 3.63) is 42.6 Å². The number of rotatable bonds is 15. The highest BCUT2D eigenvalue weighted by Crippen LogP contribution is 2.23. The van der Waals surface area contributed by atoms with E-state index in [1.165, 1.54) is 44.9 Å². The number of hydrogen-bond acceptors (Lipinski definition) is 3. The Hall–Kier alpha value is -2.03. The molecule has 0 aliphatic carbocycles. The Labute approximate surface area is 177 Å². The van der Waals surface area contributed by atoms with Crippen molar-refractivity contribution in [2.24, 2.45) is 5.92 Å². The summed E-state index contributed by atoms with van der Waals surface area (Å²) in [4.78, 5) is 4.56. The van der Waals surface area contributed by atoms with Crippen LogP contribution < -0.4 is 9.47 Å². The van der Waals surface area contributed by atoms with Crippen molar-refractivity contribution in [2.45, 2.75) is 78.6 Å². The summed E-state index contributed by atoms with van der Waals surface area (Å²) in [5, 5.41) is 0. The van der Waals surface area contributed by atoms with Gasteiger partial charge in [0.15, 0.2) is 0 Å². The normalized spacial score (nSPS) is 12.0. The van der Waals surface area contributed by atoms with Crippen molar-refractivity contribution in [3.8, 4) is 22.8 Å². The van der Waals surface area contributed by atoms with E-state index in [1.807, 2.05) is 30.5 Å². The van der Waals surface area contributed by atoms with Crippen LogP contribution in [0.15, 0.2) is 42.6 Å². The van der Waals surface area contributed by atoms with Crippen LogP contribution in [0.2, 0.25) is 0 Å². The Balaban J connectivity index is 1.69. The summed E-state index contributed by atoms with van der Waals surface area (Å²) in [7, 11) is 0. The van der Waals surface area contributed by atoms with Gasteiger partial charge >= 0.3 is 0 Å². The molecule has 0 spiro atoms. The molecule has 1 heterocycles. The molecule has 1 aromatic carbocycles. The lowest BCUT2D eigenvalue weighted by Gasteiger charge is -2.10. The quantitative estimate of drug-likeness (QED) is 0.289. The van der Waals surface area contributed by atoms with Gasteiger partial charge in [-0.3, -0.25) is 4.98 Å². The molecule has 2 rings (SSSR count). The smallest absolute Gasteiger partial charge is 0.137 e. The highest BCUT2D eigenvalue weighted by atomic mass is 16.5. The molecule has 160 valence electrons. The predicted octanol–water partition coefficient (Wildman–Crippen LogP) is 7.69. The second-order valence-corrected chi connectivity index (χ2v) is 8.02. The van der Waals surface area contributed by atoms with E-state index in [4.69, 9.17) is 9.47 Å². The van der Waals surface area contributed by atoms with Crippen LogP contribution in [0.4, 0.5) is 0 Å². The Morgan fingerprint density at radius 1 is 0.759 bits per heavy atom. The lowest BCUT2D eigenvalue weighted by Crippen LogP contribution is -2.03. The zero-order valence-electron chi connectivity index (χ0n) is 18.7. The van der Waals surface area contributed by atoms with E-state index in [2.05, 4.69) is 37.9 Å². The van der Waals surface area contributed by atoms with Crippen molar-refractivity contribution in [1.82, 2.24) is 4.98 Å². The summed E-state index contributed by atoms with van der Waals surface area (Å²) in [6, 6.07) is 12.2. The fourth-order valence-corrected chi connectivity index (χ4v) is 3.19. The van der Waals surface area contributed by atoms with Crippen molar-refractivity contribution in [2.75, 3.05) is 13.2 Å². The van der Waals surface area contributed by atoms with Crippen LogP contribution in [0.25, 0.3) is 11.3 Å². The zero-order chi connectivity index (χ0) is 20.7. The lowest BCUT2D eigenvalue weighted by molar-refractivity contribution is 0.282. The molecule has 0 saturated heterocycles. The third-order valence-electron chi connectivity index (χ3n) is 5.48. The van der Waals surface area contributed by atoms with Crippen LogP contribution in [0, 0.1) is 5.92 Å². The molecule has 0 bridgehead atoms. The van der Waals surface area contributed by atoms with Crippen molar-refractivity contribution in [3.63, 3.8) is 0 Å². The standard InChI is InChI=1S/C26H39NO2/c1-4-6-7-8-9-10-11-19-28-25-16-17-26(27-21-25)23-12-14-24(15-13-23)29-20-18-22(3)5-2/h12-17,21-22H,4-11,18-20H2,1-3H3. The second-order valence-electron chi connectivity index (χ2n) is 8.02. The number of hydrogen-bond donors (Lipinski definition) is 0. The van der Waals surface area contributed by atoms with Crippen molar-refractivity contribution >= 4 is 0 Å². The van der Waals surface area contributed by atoms with E-state index in [0.717, 1.165) is 48.8 Å². The van der Waals surface area contributed by atoms with Gasteiger partial charge in [0, 0.05) is 5.56 Å². The number of nitrogens with zero attached hydrogens (tertiary/aromatic N) is 1. The molecular weight excluding hydrogens is 358 g/mol. The van der Waals surface area contributed by atoms with Gasteiger partial charge in [0.05, 0.1) is 25.1 Å². The fraction of sp³-hybridized carbons (Fsp3) is 0.577. The Morgan fingerprint density at radius 2 is 1.41 bits per heavy atom. The van der Waals surface area contributed by atoms with Gasteiger partial charge in [-0.05, 0) is 55.2 Å². The van der Waals surface area contributed by atoms with Crippen LogP contribution in [0.5, 0.6) is 11.5 Å². The van der Waals surface area contributed by atoms with Crippen LogP contribution in [0.1, 0.15) is 78.6 Å². The lowest BCUT2D eigenvalue weighted by atomic mass is 10.1. The maximum atomic E-state index is 5.84. The number of ether oxygens (including phenoxy) is 2. The van der Waals surface area contributed by atoms with E-state index in [0.29, 0.717) is 5.92 Å². The minimum atomic E-state index is 0.713. The number of pyridine rings is 1. The maximum absolute atomic E-state index is 5.84. The van der Waals surface area contributed by atoms with Crippen LogP contribution in [-0.2, 0) is 0 Å². The van der Waals surface area contributed by atoms with E-state index in [1.54, 1.807) is 0 Å². The van der Waals surface area contributed by atoms with Gasteiger partial charge in [-0.25, -0.2) is 0 Å². The molecule has 2 aromatic rings. The molecule has 0 aliphatic rings. The van der Waals surface area contributed by atoms with E-state index < -0.39 is 0 Å². The van der Waals surface area contributed by atoms with E-state index in [-0.39, 0.29) is 0 Å². The Kier molecular flexibility index (Phi) is 11.3. The van der Waals surface area contributed by atoms with Crippen LogP contribution >= 0.6 is 0 Å². The van der Waals surface area contributed by atoms with Gasteiger partial charge in [-0.15, -0.1) is 0 Å². The first-order valence-corrected chi connectivity index (χ1v) is 11.5. The summed E-state index contributed by atoms with van der Waals surface area (Å²) >= 11 is 0. The first-order valence-electron chi connectivity index (χ1n) is 11.5. The van der Waals surface area contributed by atoms with E-state index in [9.17, 15) is 0 Å². The van der Waals surface area contributed by atoms with Gasteiger partial charge in [0.1, 0.15) is 11.5 Å².